The molecule has 0 spiro atoms. The Morgan fingerprint density at radius 2 is 1.17 bits per heavy atom. The molecule has 7 nitrogen and oxygen atoms in total. The number of hydrogen-bond acceptors (Lipinski definition) is 7. The van der Waals surface area contributed by atoms with Crippen molar-refractivity contribution in [1.82, 2.24) is 0 Å². The first kappa shape index (κ1) is 23.3. The van der Waals surface area contributed by atoms with Crippen LogP contribution in [0.1, 0.15) is 78.2 Å². The van der Waals surface area contributed by atoms with Crippen LogP contribution in [0.15, 0.2) is 48.5 Å². The highest BCUT2D eigenvalue weighted by atomic mass is 17.2. The van der Waals surface area contributed by atoms with E-state index in [4.69, 9.17) is 19.6 Å². The molecule has 0 saturated carbocycles. The van der Waals surface area contributed by atoms with Gasteiger partial charge in [-0.15, -0.1) is 0 Å². The molecular weight excluding hydrogens is 388 g/mol. The first-order chi connectivity index (χ1) is 13.9. The van der Waals surface area contributed by atoms with Crippen molar-refractivity contribution in [2.75, 3.05) is 0 Å². The van der Waals surface area contributed by atoms with Gasteiger partial charge in [0, 0.05) is 11.1 Å². The average molecular weight is 414 g/mol. The molecule has 160 valence electrons. The summed E-state index contributed by atoms with van der Waals surface area (Å²) in [6.45, 7) is 10.3. The molecule has 7 heteroatoms. The Balaban J connectivity index is 2.40. The molecule has 0 saturated heterocycles. The fourth-order valence-electron chi connectivity index (χ4n) is 2.20. The number of carbonyl (C=O) groups excluding carboxylic acids is 3. The molecule has 0 heterocycles. The van der Waals surface area contributed by atoms with Crippen molar-refractivity contribution in [3.05, 3.63) is 70.8 Å². The third-order valence-corrected chi connectivity index (χ3v) is 3.49. The number of ketones is 1. The minimum atomic E-state index is -0.907. The summed E-state index contributed by atoms with van der Waals surface area (Å²) in [4.78, 5) is 57.7. The molecule has 0 aliphatic rings. The van der Waals surface area contributed by atoms with Gasteiger partial charge in [0.05, 0.1) is 11.1 Å². The summed E-state index contributed by atoms with van der Waals surface area (Å²) in [6.07, 6.45) is 0. The van der Waals surface area contributed by atoms with Gasteiger partial charge in [-0.25, -0.2) is 9.59 Å². The van der Waals surface area contributed by atoms with Crippen molar-refractivity contribution in [2.45, 2.75) is 52.7 Å². The van der Waals surface area contributed by atoms with Gasteiger partial charge in [-0.1, -0.05) is 30.3 Å². The lowest BCUT2D eigenvalue weighted by atomic mass is 9.96. The SMILES string of the molecule is CC(C)(C)OOC(=O)c1ccc(C(=O)c2ccccc2)c(C(=O)OOC(C)(C)C)c1. The highest BCUT2D eigenvalue weighted by Gasteiger charge is 2.25. The molecule has 2 aromatic rings. The van der Waals surface area contributed by atoms with Crippen molar-refractivity contribution < 1.29 is 33.9 Å². The van der Waals surface area contributed by atoms with E-state index in [0.29, 0.717) is 5.56 Å². The maximum atomic E-state index is 12.9. The number of rotatable bonds is 6. The normalized spacial score (nSPS) is 11.7. The topological polar surface area (TPSA) is 88.1 Å². The minimum absolute atomic E-state index is 0.0200. The van der Waals surface area contributed by atoms with E-state index in [-0.39, 0.29) is 16.7 Å². The Morgan fingerprint density at radius 1 is 0.633 bits per heavy atom. The Bertz CT molecular complexity index is 919. The van der Waals surface area contributed by atoms with Gasteiger partial charge in [0.15, 0.2) is 5.78 Å². The largest absolute Gasteiger partial charge is 0.373 e. The second-order valence-electron chi connectivity index (χ2n) is 8.59. The molecule has 0 bridgehead atoms. The van der Waals surface area contributed by atoms with E-state index in [9.17, 15) is 14.4 Å². The molecule has 0 aliphatic carbocycles. The second kappa shape index (κ2) is 9.19. The first-order valence-corrected chi connectivity index (χ1v) is 9.41. The summed E-state index contributed by atoms with van der Waals surface area (Å²) in [5.41, 5.74) is -1.12. The summed E-state index contributed by atoms with van der Waals surface area (Å²) >= 11 is 0. The number of hydrogen-bond donors (Lipinski definition) is 0. The number of benzene rings is 2. The third-order valence-electron chi connectivity index (χ3n) is 3.49. The van der Waals surface area contributed by atoms with Crippen LogP contribution in [0.25, 0.3) is 0 Å². The average Bonchev–Trinajstić information content (AvgIpc) is 2.68. The quantitative estimate of drug-likeness (QED) is 0.385. The Labute approximate surface area is 175 Å². The highest BCUT2D eigenvalue weighted by molar-refractivity contribution is 6.15. The van der Waals surface area contributed by atoms with Crippen molar-refractivity contribution in [3.8, 4) is 0 Å². The minimum Gasteiger partial charge on any atom is -0.292 e. The summed E-state index contributed by atoms with van der Waals surface area (Å²) < 4.78 is 0. The Kier molecular flexibility index (Phi) is 7.12. The van der Waals surface area contributed by atoms with Gasteiger partial charge in [0.2, 0.25) is 0 Å². The predicted octanol–water partition coefficient (Wildman–Crippen LogP) is 4.69. The molecule has 0 amide bonds. The fraction of sp³-hybridized carbons (Fsp3) is 0.348. The molecule has 0 aliphatic heterocycles. The Morgan fingerprint density at radius 3 is 1.70 bits per heavy atom. The summed E-state index contributed by atoms with van der Waals surface area (Å²) in [5, 5.41) is 0. The van der Waals surface area contributed by atoms with Crippen LogP contribution in [-0.2, 0) is 19.6 Å². The van der Waals surface area contributed by atoms with Crippen molar-refractivity contribution in [3.63, 3.8) is 0 Å². The third kappa shape index (κ3) is 6.79. The molecule has 0 atom stereocenters. The Hall–Kier alpha value is -3.03. The van der Waals surface area contributed by atoms with Crippen molar-refractivity contribution >= 4 is 17.7 Å². The lowest BCUT2D eigenvalue weighted by Crippen LogP contribution is -2.24. The van der Waals surface area contributed by atoms with E-state index in [0.717, 1.165) is 0 Å². The van der Waals surface area contributed by atoms with Gasteiger partial charge in [-0.05, 0) is 59.7 Å². The van der Waals surface area contributed by atoms with E-state index < -0.39 is 28.9 Å². The fourth-order valence-corrected chi connectivity index (χ4v) is 2.20. The maximum Gasteiger partial charge on any atom is 0.373 e. The van der Waals surface area contributed by atoms with Crippen LogP contribution in [0.3, 0.4) is 0 Å². The molecule has 2 rings (SSSR count). The van der Waals surface area contributed by atoms with E-state index >= 15 is 0 Å². The lowest BCUT2D eigenvalue weighted by molar-refractivity contribution is -0.301. The molecule has 0 fully saturated rings. The smallest absolute Gasteiger partial charge is 0.292 e. The zero-order valence-electron chi connectivity index (χ0n) is 18.0. The molecule has 0 unspecified atom stereocenters. The summed E-state index contributed by atoms with van der Waals surface area (Å²) in [5.74, 6) is -2.12. The van der Waals surface area contributed by atoms with E-state index in [1.807, 2.05) is 0 Å². The predicted molar refractivity (Wildman–Crippen MR) is 109 cm³/mol. The van der Waals surface area contributed by atoms with Crippen LogP contribution in [0, 0.1) is 0 Å². The van der Waals surface area contributed by atoms with Crippen LogP contribution in [0.2, 0.25) is 0 Å². The number of carbonyl (C=O) groups is 3. The molecule has 30 heavy (non-hydrogen) atoms. The molecular formula is C23H26O7. The second-order valence-corrected chi connectivity index (χ2v) is 8.59. The van der Waals surface area contributed by atoms with E-state index in [2.05, 4.69) is 0 Å². The van der Waals surface area contributed by atoms with Gasteiger partial charge < -0.3 is 0 Å². The van der Waals surface area contributed by atoms with Crippen LogP contribution in [0.4, 0.5) is 0 Å². The summed E-state index contributed by atoms with van der Waals surface area (Å²) in [7, 11) is 0. The van der Waals surface area contributed by atoms with Crippen LogP contribution in [-0.4, -0.2) is 28.9 Å². The van der Waals surface area contributed by atoms with Crippen LogP contribution >= 0.6 is 0 Å². The molecule has 0 aromatic heterocycles. The van der Waals surface area contributed by atoms with Gasteiger partial charge >= 0.3 is 11.9 Å². The molecule has 0 N–H and O–H groups in total. The lowest BCUT2D eigenvalue weighted by Gasteiger charge is -2.18. The standard InChI is InChI=1S/C23H26O7/c1-22(2,3)29-27-20(25)16-12-13-17(19(24)15-10-8-7-9-11-15)18(14-16)21(26)28-30-23(4,5)6/h7-14H,1-6H3. The zero-order valence-corrected chi connectivity index (χ0v) is 18.0. The van der Waals surface area contributed by atoms with Crippen molar-refractivity contribution in [2.24, 2.45) is 0 Å². The zero-order chi connectivity index (χ0) is 22.5. The molecule has 0 radical (unpaired) electrons. The van der Waals surface area contributed by atoms with Gasteiger partial charge in [0.25, 0.3) is 0 Å². The molecule has 2 aromatic carbocycles. The first-order valence-electron chi connectivity index (χ1n) is 9.41. The van der Waals surface area contributed by atoms with Crippen LogP contribution < -0.4 is 0 Å². The maximum absolute atomic E-state index is 12.9. The van der Waals surface area contributed by atoms with E-state index in [1.54, 1.807) is 71.9 Å². The van der Waals surface area contributed by atoms with Gasteiger partial charge in [-0.2, -0.15) is 9.78 Å². The van der Waals surface area contributed by atoms with Crippen LogP contribution in [0.5, 0.6) is 0 Å². The van der Waals surface area contributed by atoms with E-state index in [1.165, 1.54) is 18.2 Å². The monoisotopic (exact) mass is 414 g/mol. The van der Waals surface area contributed by atoms with Gasteiger partial charge in [-0.3, -0.25) is 14.6 Å². The summed E-state index contributed by atoms with van der Waals surface area (Å²) in [6, 6.07) is 12.4. The van der Waals surface area contributed by atoms with Crippen molar-refractivity contribution in [1.29, 1.82) is 0 Å². The van der Waals surface area contributed by atoms with Gasteiger partial charge in [0.1, 0.15) is 11.2 Å². The highest BCUT2D eigenvalue weighted by Crippen LogP contribution is 2.20.